The first kappa shape index (κ1) is 12.9. The number of nitrogens with zero attached hydrogens (tertiary/aromatic N) is 1. The first-order chi connectivity index (χ1) is 7.38. The fourth-order valence-corrected chi connectivity index (χ4v) is 1.42. The zero-order chi connectivity index (χ0) is 12.2. The summed E-state index contributed by atoms with van der Waals surface area (Å²) in [6.07, 6.45) is 1.56. The van der Waals surface area contributed by atoms with Crippen molar-refractivity contribution in [2.24, 2.45) is 5.14 Å². The van der Waals surface area contributed by atoms with Crippen LogP contribution in [-0.2, 0) is 16.8 Å². The molecule has 7 heteroatoms. The largest absolute Gasteiger partial charge is 0.475 e. The monoisotopic (exact) mass is 245 g/mol. The molecule has 0 unspecified atom stereocenters. The summed E-state index contributed by atoms with van der Waals surface area (Å²) in [5.41, 5.74) is 0.644. The Kier molecular flexibility index (Phi) is 4.22. The van der Waals surface area contributed by atoms with Crippen molar-refractivity contribution >= 4 is 10.2 Å². The maximum Gasteiger partial charge on any atom is 0.274 e. The molecule has 0 spiro atoms. The van der Waals surface area contributed by atoms with Crippen LogP contribution in [0, 0.1) is 0 Å². The molecule has 0 saturated carbocycles. The molecule has 1 heterocycles. The number of nitrogens with one attached hydrogen (secondary N) is 1. The Morgan fingerprint density at radius 3 is 2.81 bits per heavy atom. The number of aromatic nitrogens is 1. The van der Waals surface area contributed by atoms with E-state index in [0.29, 0.717) is 11.4 Å². The molecule has 3 N–H and O–H groups in total. The third-order valence-corrected chi connectivity index (χ3v) is 2.21. The molecule has 16 heavy (non-hydrogen) atoms. The summed E-state index contributed by atoms with van der Waals surface area (Å²) in [5.74, 6) is 0.411. The summed E-state index contributed by atoms with van der Waals surface area (Å²) in [5, 5.41) is 4.83. The predicted molar refractivity (Wildman–Crippen MR) is 59.9 cm³/mol. The van der Waals surface area contributed by atoms with Gasteiger partial charge >= 0.3 is 0 Å². The minimum absolute atomic E-state index is 0.0249. The van der Waals surface area contributed by atoms with Crippen LogP contribution in [0.4, 0.5) is 0 Å². The van der Waals surface area contributed by atoms with Crippen LogP contribution in [0.5, 0.6) is 5.88 Å². The molecule has 0 radical (unpaired) electrons. The number of hydrogen-bond donors (Lipinski definition) is 2. The van der Waals surface area contributed by atoms with Gasteiger partial charge in [0, 0.05) is 18.3 Å². The van der Waals surface area contributed by atoms with Gasteiger partial charge in [-0.25, -0.2) is 10.1 Å². The standard InChI is InChI=1S/C9H15N3O3S/c1-7(2)15-9-8(4-3-5-11-9)6-12-16(10,13)14/h3-5,7,12H,6H2,1-2H3,(H2,10,13,14). The third kappa shape index (κ3) is 4.56. The predicted octanol–water partition coefficient (Wildman–Crippen LogP) is 0.162. The van der Waals surface area contributed by atoms with Crippen LogP contribution in [0.3, 0.4) is 0 Å². The maximum absolute atomic E-state index is 10.7. The molecule has 1 aromatic heterocycles. The number of hydrogen-bond acceptors (Lipinski definition) is 4. The van der Waals surface area contributed by atoms with Crippen LogP contribution in [0.15, 0.2) is 18.3 Å². The lowest BCUT2D eigenvalue weighted by atomic mass is 10.3. The van der Waals surface area contributed by atoms with Crippen molar-refractivity contribution in [2.45, 2.75) is 26.5 Å². The van der Waals surface area contributed by atoms with Gasteiger partial charge in [0.2, 0.25) is 5.88 Å². The summed E-state index contributed by atoms with van der Waals surface area (Å²) in [7, 11) is -3.70. The van der Waals surface area contributed by atoms with E-state index in [1.165, 1.54) is 0 Å². The number of rotatable bonds is 5. The topological polar surface area (TPSA) is 94.3 Å². The minimum atomic E-state index is -3.70. The molecular weight excluding hydrogens is 230 g/mol. The van der Waals surface area contributed by atoms with Gasteiger partial charge < -0.3 is 4.74 Å². The van der Waals surface area contributed by atoms with Crippen LogP contribution in [0.2, 0.25) is 0 Å². The first-order valence-corrected chi connectivity index (χ1v) is 6.31. The summed E-state index contributed by atoms with van der Waals surface area (Å²) >= 11 is 0. The summed E-state index contributed by atoms with van der Waals surface area (Å²) in [6.45, 7) is 3.80. The Bertz CT molecular complexity index is 445. The second kappa shape index (κ2) is 5.24. The zero-order valence-electron chi connectivity index (χ0n) is 9.17. The molecule has 1 aromatic rings. The molecule has 6 nitrogen and oxygen atoms in total. The van der Waals surface area contributed by atoms with Crippen molar-refractivity contribution < 1.29 is 13.2 Å². The number of ether oxygens (including phenoxy) is 1. The van der Waals surface area contributed by atoms with Gasteiger partial charge in [-0.2, -0.15) is 13.1 Å². The summed E-state index contributed by atoms with van der Waals surface area (Å²) in [4.78, 5) is 4.02. The normalized spacial score (nSPS) is 11.8. The third-order valence-electron chi connectivity index (χ3n) is 1.66. The van der Waals surface area contributed by atoms with Gasteiger partial charge in [0.15, 0.2) is 0 Å². The zero-order valence-corrected chi connectivity index (χ0v) is 9.99. The van der Waals surface area contributed by atoms with Crippen LogP contribution in [-0.4, -0.2) is 19.5 Å². The van der Waals surface area contributed by atoms with E-state index >= 15 is 0 Å². The van der Waals surface area contributed by atoms with E-state index in [0.717, 1.165) is 0 Å². The smallest absolute Gasteiger partial charge is 0.274 e. The fraction of sp³-hybridized carbons (Fsp3) is 0.444. The van der Waals surface area contributed by atoms with Gasteiger partial charge in [0.1, 0.15) is 0 Å². The Hall–Kier alpha value is -1.18. The molecule has 1 rings (SSSR count). The summed E-state index contributed by atoms with van der Waals surface area (Å²) in [6, 6.07) is 3.43. The quantitative estimate of drug-likeness (QED) is 0.772. The van der Waals surface area contributed by atoms with E-state index in [2.05, 4.69) is 9.71 Å². The highest BCUT2D eigenvalue weighted by atomic mass is 32.2. The average molecular weight is 245 g/mol. The lowest BCUT2D eigenvalue weighted by molar-refractivity contribution is 0.230. The number of nitrogens with two attached hydrogens (primary N) is 1. The van der Waals surface area contributed by atoms with Crippen LogP contribution >= 0.6 is 0 Å². The van der Waals surface area contributed by atoms with Gasteiger partial charge in [-0.3, -0.25) is 0 Å². The molecule has 0 fully saturated rings. The van der Waals surface area contributed by atoms with E-state index < -0.39 is 10.2 Å². The van der Waals surface area contributed by atoms with Crippen molar-refractivity contribution in [3.63, 3.8) is 0 Å². The van der Waals surface area contributed by atoms with Gasteiger partial charge in [0.25, 0.3) is 10.2 Å². The van der Waals surface area contributed by atoms with Gasteiger partial charge in [-0.05, 0) is 19.9 Å². The van der Waals surface area contributed by atoms with Crippen molar-refractivity contribution in [1.82, 2.24) is 9.71 Å². The molecule has 0 bridgehead atoms. The van der Waals surface area contributed by atoms with Crippen molar-refractivity contribution in [3.8, 4) is 5.88 Å². The Morgan fingerprint density at radius 1 is 1.56 bits per heavy atom. The van der Waals surface area contributed by atoms with E-state index in [1.807, 2.05) is 13.8 Å². The molecule has 0 aliphatic rings. The van der Waals surface area contributed by atoms with Gasteiger partial charge in [-0.1, -0.05) is 6.07 Å². The van der Waals surface area contributed by atoms with Gasteiger partial charge in [0.05, 0.1) is 6.10 Å². The highest BCUT2D eigenvalue weighted by Crippen LogP contribution is 2.15. The van der Waals surface area contributed by atoms with Gasteiger partial charge in [-0.15, -0.1) is 0 Å². The average Bonchev–Trinajstić information content (AvgIpc) is 2.14. The van der Waals surface area contributed by atoms with Crippen LogP contribution in [0.25, 0.3) is 0 Å². The lowest BCUT2D eigenvalue weighted by Crippen LogP contribution is -2.30. The molecule has 0 atom stereocenters. The van der Waals surface area contributed by atoms with Crippen LogP contribution < -0.4 is 14.6 Å². The second-order valence-electron chi connectivity index (χ2n) is 3.50. The first-order valence-electron chi connectivity index (χ1n) is 4.76. The molecule has 90 valence electrons. The summed E-state index contributed by atoms with van der Waals surface area (Å²) < 4.78 is 29.1. The number of pyridine rings is 1. The molecular formula is C9H15N3O3S. The van der Waals surface area contributed by atoms with Crippen molar-refractivity contribution in [1.29, 1.82) is 0 Å². The van der Waals surface area contributed by atoms with E-state index in [1.54, 1.807) is 18.3 Å². The van der Waals surface area contributed by atoms with Crippen molar-refractivity contribution in [3.05, 3.63) is 23.9 Å². The Labute approximate surface area is 95.0 Å². The highest BCUT2D eigenvalue weighted by Gasteiger charge is 2.08. The van der Waals surface area contributed by atoms with Crippen LogP contribution in [0.1, 0.15) is 19.4 Å². The van der Waals surface area contributed by atoms with E-state index in [-0.39, 0.29) is 12.6 Å². The fourth-order valence-electron chi connectivity index (χ4n) is 1.07. The Balaban J connectivity index is 2.79. The molecule has 0 aromatic carbocycles. The minimum Gasteiger partial charge on any atom is -0.475 e. The molecule has 0 aliphatic heterocycles. The Morgan fingerprint density at radius 2 is 2.25 bits per heavy atom. The molecule has 0 amide bonds. The lowest BCUT2D eigenvalue weighted by Gasteiger charge is -2.12. The van der Waals surface area contributed by atoms with E-state index in [4.69, 9.17) is 9.88 Å². The van der Waals surface area contributed by atoms with E-state index in [9.17, 15) is 8.42 Å². The van der Waals surface area contributed by atoms with Crippen molar-refractivity contribution in [2.75, 3.05) is 0 Å². The highest BCUT2D eigenvalue weighted by molar-refractivity contribution is 7.87. The second-order valence-corrected chi connectivity index (χ2v) is 4.88. The SMILES string of the molecule is CC(C)Oc1ncccc1CNS(N)(=O)=O. The molecule has 0 aliphatic carbocycles. The maximum atomic E-state index is 10.7. The molecule has 0 saturated heterocycles.